The largest absolute Gasteiger partial charge is 0.492 e. The number of hydrogen-bond acceptors (Lipinski definition) is 3. The van der Waals surface area contributed by atoms with Gasteiger partial charge in [-0.2, -0.15) is 4.98 Å². The van der Waals surface area contributed by atoms with Gasteiger partial charge in [-0.25, -0.2) is 4.79 Å². The Hall–Kier alpha value is -1.52. The Labute approximate surface area is 68.1 Å². The van der Waals surface area contributed by atoms with E-state index in [0.29, 0.717) is 11.7 Å². The van der Waals surface area contributed by atoms with Crippen molar-refractivity contribution in [2.24, 2.45) is 0 Å². The Kier molecular flexibility index (Phi) is 1.33. The third-order valence-corrected chi connectivity index (χ3v) is 1.88. The van der Waals surface area contributed by atoms with Gasteiger partial charge in [-0.1, -0.05) is 0 Å². The molecule has 0 saturated heterocycles. The number of H-pyrrole nitrogens is 1. The molecule has 0 spiro atoms. The van der Waals surface area contributed by atoms with Gasteiger partial charge in [0.15, 0.2) is 5.69 Å². The maximum Gasteiger partial charge on any atom is 0.358 e. The standard InChI is InChI=1S/C7H8N2O3/c10-6-4(7(11)12)8-5(9-6)3-1-2-3/h3,10H,1-2H2,(H,8,9)(H,11,12). The van der Waals surface area contributed by atoms with Gasteiger partial charge in [0, 0.05) is 5.92 Å². The molecule has 0 aliphatic heterocycles. The Balaban J connectivity index is 2.36. The first-order chi connectivity index (χ1) is 5.68. The lowest BCUT2D eigenvalue weighted by molar-refractivity contribution is 0.0687. The van der Waals surface area contributed by atoms with E-state index in [1.54, 1.807) is 0 Å². The summed E-state index contributed by atoms with van der Waals surface area (Å²) < 4.78 is 0. The topological polar surface area (TPSA) is 86.2 Å². The Morgan fingerprint density at radius 2 is 2.25 bits per heavy atom. The van der Waals surface area contributed by atoms with Crippen molar-refractivity contribution in [2.45, 2.75) is 18.8 Å². The van der Waals surface area contributed by atoms with Crippen molar-refractivity contribution >= 4 is 5.97 Å². The normalized spacial score (nSPS) is 16.3. The van der Waals surface area contributed by atoms with Crippen LogP contribution in [0.1, 0.15) is 35.1 Å². The first-order valence-electron chi connectivity index (χ1n) is 3.70. The highest BCUT2D eigenvalue weighted by Gasteiger charge is 2.29. The van der Waals surface area contributed by atoms with Crippen LogP contribution in [0.4, 0.5) is 0 Å². The highest BCUT2D eigenvalue weighted by molar-refractivity contribution is 5.87. The average molecular weight is 168 g/mol. The second kappa shape index (κ2) is 2.23. The van der Waals surface area contributed by atoms with E-state index < -0.39 is 11.8 Å². The fourth-order valence-electron chi connectivity index (χ4n) is 1.08. The summed E-state index contributed by atoms with van der Waals surface area (Å²) in [6, 6.07) is 0. The van der Waals surface area contributed by atoms with Gasteiger partial charge in [-0.15, -0.1) is 0 Å². The second-order valence-electron chi connectivity index (χ2n) is 2.90. The van der Waals surface area contributed by atoms with Crippen molar-refractivity contribution in [3.05, 3.63) is 11.5 Å². The number of aromatic hydroxyl groups is 1. The number of aromatic carboxylic acids is 1. The minimum absolute atomic E-state index is 0.211. The molecule has 0 atom stereocenters. The van der Waals surface area contributed by atoms with Gasteiger partial charge in [0.05, 0.1) is 0 Å². The SMILES string of the molecule is O=C(O)c1[nH]c(C2CC2)nc1O. The molecule has 1 aliphatic carbocycles. The molecule has 0 amide bonds. The van der Waals surface area contributed by atoms with Gasteiger partial charge >= 0.3 is 5.97 Å². The molecule has 0 unspecified atom stereocenters. The summed E-state index contributed by atoms with van der Waals surface area (Å²) in [7, 11) is 0. The third-order valence-electron chi connectivity index (χ3n) is 1.88. The molecule has 0 radical (unpaired) electrons. The predicted molar refractivity (Wildman–Crippen MR) is 39.2 cm³/mol. The number of hydrogen-bond donors (Lipinski definition) is 3. The summed E-state index contributed by atoms with van der Waals surface area (Å²) in [5.74, 6) is -0.676. The summed E-state index contributed by atoms with van der Waals surface area (Å²) in [6.07, 6.45) is 2.04. The van der Waals surface area contributed by atoms with Crippen LogP contribution in [0.2, 0.25) is 0 Å². The quantitative estimate of drug-likeness (QED) is 0.606. The smallest absolute Gasteiger partial charge is 0.358 e. The summed E-state index contributed by atoms with van der Waals surface area (Å²) in [5.41, 5.74) is -0.211. The van der Waals surface area contributed by atoms with Crippen LogP contribution in [0, 0.1) is 0 Å². The molecule has 0 aromatic carbocycles. The minimum Gasteiger partial charge on any atom is -0.492 e. The van der Waals surface area contributed by atoms with Gasteiger partial charge in [0.25, 0.3) is 0 Å². The highest BCUT2D eigenvalue weighted by Crippen LogP contribution is 2.39. The lowest BCUT2D eigenvalue weighted by Gasteiger charge is -1.86. The number of nitrogens with zero attached hydrogens (tertiary/aromatic N) is 1. The van der Waals surface area contributed by atoms with Crippen LogP contribution in [0.15, 0.2) is 0 Å². The monoisotopic (exact) mass is 168 g/mol. The number of nitrogens with one attached hydrogen (secondary N) is 1. The number of carboxylic acids is 1. The highest BCUT2D eigenvalue weighted by atomic mass is 16.4. The van der Waals surface area contributed by atoms with E-state index in [2.05, 4.69) is 9.97 Å². The summed E-state index contributed by atoms with van der Waals surface area (Å²) >= 11 is 0. The molecule has 1 aliphatic rings. The van der Waals surface area contributed by atoms with Crippen LogP contribution in [0.3, 0.4) is 0 Å². The maximum absolute atomic E-state index is 10.4. The molecule has 0 bridgehead atoms. The zero-order valence-corrected chi connectivity index (χ0v) is 6.24. The van der Waals surface area contributed by atoms with Gasteiger partial charge in [0.1, 0.15) is 5.82 Å². The molecule has 5 heteroatoms. The summed E-state index contributed by atoms with van der Waals surface area (Å²) in [6.45, 7) is 0. The van der Waals surface area contributed by atoms with Crippen molar-refractivity contribution in [2.75, 3.05) is 0 Å². The fourth-order valence-corrected chi connectivity index (χ4v) is 1.08. The van der Waals surface area contributed by atoms with Crippen molar-refractivity contribution in [3.63, 3.8) is 0 Å². The number of carbonyl (C=O) groups is 1. The predicted octanol–water partition coefficient (Wildman–Crippen LogP) is 0.691. The van der Waals surface area contributed by atoms with E-state index in [4.69, 9.17) is 10.2 Å². The zero-order chi connectivity index (χ0) is 8.72. The van der Waals surface area contributed by atoms with Gasteiger partial charge in [0.2, 0.25) is 5.88 Å². The fraction of sp³-hybridized carbons (Fsp3) is 0.429. The molecule has 1 fully saturated rings. The van der Waals surface area contributed by atoms with E-state index in [1.807, 2.05) is 0 Å². The van der Waals surface area contributed by atoms with Crippen molar-refractivity contribution in [1.82, 2.24) is 9.97 Å². The van der Waals surface area contributed by atoms with E-state index in [-0.39, 0.29) is 5.69 Å². The van der Waals surface area contributed by atoms with E-state index >= 15 is 0 Å². The van der Waals surface area contributed by atoms with Crippen LogP contribution in [0.25, 0.3) is 0 Å². The van der Waals surface area contributed by atoms with Crippen LogP contribution in [0.5, 0.6) is 5.88 Å². The summed E-state index contributed by atoms with van der Waals surface area (Å²) in [4.78, 5) is 16.7. The van der Waals surface area contributed by atoms with Crippen molar-refractivity contribution in [3.8, 4) is 5.88 Å². The van der Waals surface area contributed by atoms with E-state index in [1.165, 1.54) is 0 Å². The molecular formula is C7H8N2O3. The molecule has 12 heavy (non-hydrogen) atoms. The van der Waals surface area contributed by atoms with E-state index in [0.717, 1.165) is 12.8 Å². The van der Waals surface area contributed by atoms with Gasteiger partial charge < -0.3 is 15.2 Å². The number of imidazole rings is 1. The first kappa shape index (κ1) is 7.15. The minimum atomic E-state index is -1.17. The van der Waals surface area contributed by atoms with Gasteiger partial charge in [-0.05, 0) is 12.8 Å². The lowest BCUT2D eigenvalue weighted by atomic mass is 10.4. The second-order valence-corrected chi connectivity index (χ2v) is 2.90. The Morgan fingerprint density at radius 3 is 2.67 bits per heavy atom. The summed E-state index contributed by atoms with van der Waals surface area (Å²) in [5, 5.41) is 17.6. The third kappa shape index (κ3) is 1.03. The van der Waals surface area contributed by atoms with Crippen molar-refractivity contribution in [1.29, 1.82) is 0 Å². The Bertz CT molecular complexity index is 327. The molecule has 1 aromatic rings. The number of aromatic nitrogens is 2. The maximum atomic E-state index is 10.4. The molecule has 3 N–H and O–H groups in total. The molecule has 5 nitrogen and oxygen atoms in total. The molecular weight excluding hydrogens is 160 g/mol. The molecule has 1 heterocycles. The molecule has 1 aromatic heterocycles. The van der Waals surface area contributed by atoms with Crippen LogP contribution >= 0.6 is 0 Å². The van der Waals surface area contributed by atoms with Crippen molar-refractivity contribution < 1.29 is 15.0 Å². The van der Waals surface area contributed by atoms with Crippen LogP contribution in [-0.2, 0) is 0 Å². The number of rotatable bonds is 2. The molecule has 2 rings (SSSR count). The van der Waals surface area contributed by atoms with Gasteiger partial charge in [-0.3, -0.25) is 0 Å². The first-order valence-corrected chi connectivity index (χ1v) is 3.70. The molecule has 64 valence electrons. The zero-order valence-electron chi connectivity index (χ0n) is 6.24. The average Bonchev–Trinajstić information content (AvgIpc) is 2.75. The van der Waals surface area contributed by atoms with Crippen LogP contribution < -0.4 is 0 Å². The number of carboxylic acid groups (broad SMARTS) is 1. The molecule has 1 saturated carbocycles. The Morgan fingerprint density at radius 1 is 1.58 bits per heavy atom. The van der Waals surface area contributed by atoms with Crippen LogP contribution in [-0.4, -0.2) is 26.2 Å². The van der Waals surface area contributed by atoms with E-state index in [9.17, 15) is 4.79 Å². The lowest BCUT2D eigenvalue weighted by Crippen LogP contribution is -1.96. The number of aromatic amines is 1.